The fourth-order valence-electron chi connectivity index (χ4n) is 3.56. The van der Waals surface area contributed by atoms with Crippen molar-refractivity contribution in [1.29, 1.82) is 0 Å². The van der Waals surface area contributed by atoms with E-state index in [1.807, 2.05) is 25.1 Å². The highest BCUT2D eigenvalue weighted by atomic mass is 16.4. The molecule has 0 aliphatic carbocycles. The number of hydrogen-bond donors (Lipinski definition) is 4. The van der Waals surface area contributed by atoms with E-state index >= 15 is 0 Å². The molecule has 8 heteroatoms. The minimum Gasteiger partial charge on any atom is -0.493 e. The van der Waals surface area contributed by atoms with Gasteiger partial charge in [0.25, 0.3) is 5.91 Å². The first-order valence-electron chi connectivity index (χ1n) is 10.8. The first-order chi connectivity index (χ1) is 15.7. The molecule has 33 heavy (non-hydrogen) atoms. The molecule has 0 aliphatic heterocycles. The number of carboxylic acid groups (broad SMARTS) is 1. The van der Waals surface area contributed by atoms with Crippen LogP contribution in [0.1, 0.15) is 54.4 Å². The Bertz CT molecular complexity index is 1090. The number of aromatic nitrogens is 1. The number of rotatable bonds is 10. The zero-order valence-electron chi connectivity index (χ0n) is 19.0. The number of benzene rings is 1. The summed E-state index contributed by atoms with van der Waals surface area (Å²) in [6, 6.07) is 12.3. The maximum atomic E-state index is 12.2. The molecule has 8 nitrogen and oxygen atoms in total. The summed E-state index contributed by atoms with van der Waals surface area (Å²) < 4.78 is 5.99. The number of aliphatic carboxylic acids is 1. The van der Waals surface area contributed by atoms with E-state index in [2.05, 4.69) is 29.5 Å². The van der Waals surface area contributed by atoms with E-state index in [4.69, 9.17) is 9.52 Å². The van der Waals surface area contributed by atoms with Crippen molar-refractivity contribution >= 4 is 17.6 Å². The molecular weight excluding hydrogens is 422 g/mol. The molecule has 0 aliphatic rings. The van der Waals surface area contributed by atoms with Gasteiger partial charge in [-0.3, -0.25) is 9.59 Å². The first kappa shape index (κ1) is 23.8. The highest BCUT2D eigenvalue weighted by Crippen LogP contribution is 2.34. The molecule has 4 N–H and O–H groups in total. The number of hydrogen-bond acceptors (Lipinski definition) is 6. The van der Waals surface area contributed by atoms with Crippen LogP contribution in [-0.4, -0.2) is 33.6 Å². The van der Waals surface area contributed by atoms with Crippen LogP contribution in [0.4, 0.5) is 5.69 Å². The van der Waals surface area contributed by atoms with Crippen LogP contribution in [0.5, 0.6) is 5.88 Å². The molecule has 0 bridgehead atoms. The normalized spacial score (nSPS) is 11.9. The van der Waals surface area contributed by atoms with Gasteiger partial charge in [-0.1, -0.05) is 13.8 Å². The number of anilines is 1. The van der Waals surface area contributed by atoms with Crippen LogP contribution in [0.3, 0.4) is 0 Å². The Morgan fingerprint density at radius 2 is 1.85 bits per heavy atom. The Kier molecular flexibility index (Phi) is 7.71. The van der Waals surface area contributed by atoms with Crippen molar-refractivity contribution in [2.45, 2.75) is 39.7 Å². The second-order valence-electron chi connectivity index (χ2n) is 8.33. The molecule has 1 atom stereocenters. The summed E-state index contributed by atoms with van der Waals surface area (Å²) in [6.45, 7) is 6.31. The van der Waals surface area contributed by atoms with Crippen molar-refractivity contribution in [3.63, 3.8) is 0 Å². The molecule has 3 aromatic rings. The van der Waals surface area contributed by atoms with Crippen molar-refractivity contribution in [1.82, 2.24) is 10.3 Å². The van der Waals surface area contributed by atoms with Crippen molar-refractivity contribution in [3.05, 3.63) is 65.5 Å². The van der Waals surface area contributed by atoms with Crippen LogP contribution >= 0.6 is 0 Å². The second kappa shape index (κ2) is 10.7. The summed E-state index contributed by atoms with van der Waals surface area (Å²) in [6.07, 6.45) is 2.32. The van der Waals surface area contributed by atoms with Gasteiger partial charge in [0.15, 0.2) is 0 Å². The van der Waals surface area contributed by atoms with Crippen molar-refractivity contribution in [2.24, 2.45) is 5.92 Å². The lowest BCUT2D eigenvalue weighted by atomic mass is 9.96. The zero-order valence-corrected chi connectivity index (χ0v) is 19.0. The van der Waals surface area contributed by atoms with Crippen LogP contribution in [0, 0.1) is 12.8 Å². The molecule has 0 saturated carbocycles. The number of nitrogens with zero attached hydrogens (tertiary/aromatic N) is 1. The Balaban J connectivity index is 1.75. The molecule has 2 aromatic heterocycles. The maximum absolute atomic E-state index is 12.2. The summed E-state index contributed by atoms with van der Waals surface area (Å²) in [4.78, 5) is 26.7. The number of furan rings is 1. The number of carbonyl (C=O) groups excluding carboxylic acids is 1. The SMILES string of the molecule is Cc1oc(-c2ccc(O)nc2)cc1C(CC(C)C)Nc1ccc(C(=O)NCCC(=O)O)cc1. The molecule has 2 heterocycles. The first-order valence-corrected chi connectivity index (χ1v) is 10.8. The Morgan fingerprint density at radius 1 is 1.12 bits per heavy atom. The zero-order chi connectivity index (χ0) is 24.0. The summed E-state index contributed by atoms with van der Waals surface area (Å²) in [5.74, 6) is 0.602. The standard InChI is InChI=1S/C25H29N3O5/c1-15(2)12-21(20-13-22(33-16(20)3)18-6-9-23(29)27-14-18)28-19-7-4-17(5-8-19)25(32)26-11-10-24(30)31/h4-9,13-15,21,28H,10-12H2,1-3H3,(H,26,32)(H,27,29)(H,30,31). The molecule has 1 aromatic carbocycles. The van der Waals surface area contributed by atoms with Gasteiger partial charge in [-0.05, 0) is 55.7 Å². The second-order valence-corrected chi connectivity index (χ2v) is 8.33. The van der Waals surface area contributed by atoms with Crippen LogP contribution in [0.2, 0.25) is 0 Å². The summed E-state index contributed by atoms with van der Waals surface area (Å²) in [5, 5.41) is 24.3. The molecule has 3 rings (SSSR count). The number of aromatic hydroxyl groups is 1. The van der Waals surface area contributed by atoms with Gasteiger partial charge in [0.05, 0.1) is 12.5 Å². The van der Waals surface area contributed by atoms with Gasteiger partial charge in [0, 0.05) is 41.2 Å². The lowest BCUT2D eigenvalue weighted by Gasteiger charge is -2.21. The smallest absolute Gasteiger partial charge is 0.305 e. The third-order valence-electron chi connectivity index (χ3n) is 5.18. The third-order valence-corrected chi connectivity index (χ3v) is 5.18. The lowest BCUT2D eigenvalue weighted by molar-refractivity contribution is -0.136. The van der Waals surface area contributed by atoms with Gasteiger partial charge in [0.2, 0.25) is 5.88 Å². The van der Waals surface area contributed by atoms with Crippen molar-refractivity contribution in [2.75, 3.05) is 11.9 Å². The minimum absolute atomic E-state index is 0.0113. The van der Waals surface area contributed by atoms with E-state index < -0.39 is 5.97 Å². The summed E-state index contributed by atoms with van der Waals surface area (Å²) >= 11 is 0. The van der Waals surface area contributed by atoms with Gasteiger partial charge in [0.1, 0.15) is 11.5 Å². The number of carboxylic acids is 1. The van der Waals surface area contributed by atoms with Gasteiger partial charge in [-0.25, -0.2) is 4.98 Å². The topological polar surface area (TPSA) is 125 Å². The molecule has 0 saturated heterocycles. The quantitative estimate of drug-likeness (QED) is 0.350. The van der Waals surface area contributed by atoms with Crippen LogP contribution in [-0.2, 0) is 4.79 Å². The van der Waals surface area contributed by atoms with Crippen LogP contribution in [0.25, 0.3) is 11.3 Å². The molecule has 1 unspecified atom stereocenters. The van der Waals surface area contributed by atoms with Gasteiger partial charge < -0.3 is 25.3 Å². The van der Waals surface area contributed by atoms with Gasteiger partial charge >= 0.3 is 5.97 Å². The van der Waals surface area contributed by atoms with E-state index in [1.165, 1.54) is 6.07 Å². The maximum Gasteiger partial charge on any atom is 0.305 e. The molecule has 1 amide bonds. The monoisotopic (exact) mass is 451 g/mol. The van der Waals surface area contributed by atoms with E-state index in [0.29, 0.717) is 17.2 Å². The van der Waals surface area contributed by atoms with Crippen molar-refractivity contribution in [3.8, 4) is 17.2 Å². The Labute approximate surface area is 192 Å². The van der Waals surface area contributed by atoms with Crippen molar-refractivity contribution < 1.29 is 24.2 Å². The average molecular weight is 452 g/mol. The predicted molar refractivity (Wildman–Crippen MR) is 125 cm³/mol. The highest BCUT2D eigenvalue weighted by Gasteiger charge is 2.20. The molecule has 0 fully saturated rings. The van der Waals surface area contributed by atoms with E-state index in [0.717, 1.165) is 29.0 Å². The molecule has 174 valence electrons. The average Bonchev–Trinajstić information content (AvgIpc) is 3.15. The number of pyridine rings is 1. The fourth-order valence-corrected chi connectivity index (χ4v) is 3.56. The van der Waals surface area contributed by atoms with Gasteiger partial charge in [-0.15, -0.1) is 0 Å². The third kappa shape index (κ3) is 6.58. The predicted octanol–water partition coefficient (Wildman–Crippen LogP) is 4.76. The van der Waals surface area contributed by atoms with Gasteiger partial charge in [-0.2, -0.15) is 0 Å². The molecule has 0 spiro atoms. The Morgan fingerprint density at radius 3 is 2.45 bits per heavy atom. The number of nitrogens with one attached hydrogen (secondary N) is 2. The van der Waals surface area contributed by atoms with E-state index in [-0.39, 0.29) is 30.8 Å². The minimum atomic E-state index is -0.953. The summed E-state index contributed by atoms with van der Waals surface area (Å²) in [7, 11) is 0. The molecular formula is C25H29N3O5. The number of carbonyl (C=O) groups is 2. The Hall–Kier alpha value is -3.81. The highest BCUT2D eigenvalue weighted by molar-refractivity contribution is 5.94. The molecule has 0 radical (unpaired) electrons. The van der Waals surface area contributed by atoms with E-state index in [9.17, 15) is 14.7 Å². The fraction of sp³-hybridized carbons (Fsp3) is 0.320. The van der Waals surface area contributed by atoms with Crippen LogP contribution < -0.4 is 10.6 Å². The number of aryl methyl sites for hydroxylation is 1. The summed E-state index contributed by atoms with van der Waals surface area (Å²) in [5.41, 5.74) is 3.13. The van der Waals surface area contributed by atoms with Crippen LogP contribution in [0.15, 0.2) is 53.1 Å². The van der Waals surface area contributed by atoms with E-state index in [1.54, 1.807) is 24.4 Å². The largest absolute Gasteiger partial charge is 0.493 e. The lowest BCUT2D eigenvalue weighted by Crippen LogP contribution is -2.25. The number of amides is 1.